The van der Waals surface area contributed by atoms with E-state index >= 15 is 0 Å². The number of carboxylic acids is 1. The smallest absolute Gasteiger partial charge is 0.305 e. The van der Waals surface area contributed by atoms with Crippen LogP contribution in [0.25, 0.3) is 0 Å². The van der Waals surface area contributed by atoms with Gasteiger partial charge in [-0.3, -0.25) is 4.79 Å². The van der Waals surface area contributed by atoms with Gasteiger partial charge in [-0.2, -0.15) is 12.6 Å². The molecular weight excluding hydrogens is 114 g/mol. The summed E-state index contributed by atoms with van der Waals surface area (Å²) in [7, 11) is 0. The summed E-state index contributed by atoms with van der Waals surface area (Å²) in [5.41, 5.74) is 4.98. The van der Waals surface area contributed by atoms with E-state index in [2.05, 4.69) is 12.6 Å². The molecule has 0 saturated heterocycles. The minimum Gasteiger partial charge on any atom is -0.481 e. The summed E-state index contributed by atoms with van der Waals surface area (Å²) in [6.07, 6.45) is -0.0802. The van der Waals surface area contributed by atoms with Crippen LogP contribution < -0.4 is 5.73 Å². The number of nitrogens with two attached hydrogens (primary N) is 1. The van der Waals surface area contributed by atoms with Crippen LogP contribution in [0.15, 0.2) is 0 Å². The lowest BCUT2D eigenvalue weighted by molar-refractivity contribution is -0.136. The summed E-state index contributed by atoms with van der Waals surface area (Å²) in [5.74, 6) is -0.914. The highest BCUT2D eigenvalue weighted by atomic mass is 32.1. The van der Waals surface area contributed by atoms with Gasteiger partial charge in [0.15, 0.2) is 0 Å². The molecule has 1 unspecified atom stereocenters. The molecule has 0 radical (unpaired) electrons. The lowest BCUT2D eigenvalue weighted by atomic mass is 10.4. The first kappa shape index (κ1) is 6.78. The predicted molar refractivity (Wildman–Crippen MR) is 29.2 cm³/mol. The summed E-state index contributed by atoms with van der Waals surface area (Å²) in [6.45, 7) is 0. The molecular formula is C3H7NO2S. The maximum absolute atomic E-state index is 9.68. The summed E-state index contributed by atoms with van der Waals surface area (Å²) in [5, 5.41) is 7.42. The Morgan fingerprint density at radius 1 is 2.00 bits per heavy atom. The highest BCUT2D eigenvalue weighted by Gasteiger charge is 1.99. The van der Waals surface area contributed by atoms with E-state index in [0.717, 1.165) is 0 Å². The van der Waals surface area contributed by atoms with Crippen molar-refractivity contribution in [3.8, 4) is 0 Å². The van der Waals surface area contributed by atoms with Crippen molar-refractivity contribution in [1.82, 2.24) is 0 Å². The molecule has 4 heteroatoms. The van der Waals surface area contributed by atoms with E-state index in [-0.39, 0.29) is 6.42 Å². The second-order valence-corrected chi connectivity index (χ2v) is 1.83. The van der Waals surface area contributed by atoms with E-state index in [9.17, 15) is 4.79 Å². The van der Waals surface area contributed by atoms with Crippen molar-refractivity contribution < 1.29 is 9.90 Å². The van der Waals surface area contributed by atoms with Crippen LogP contribution in [0.1, 0.15) is 6.42 Å². The molecule has 3 nitrogen and oxygen atoms in total. The van der Waals surface area contributed by atoms with Gasteiger partial charge in [0.1, 0.15) is 0 Å². The molecule has 42 valence electrons. The molecule has 0 spiro atoms. The van der Waals surface area contributed by atoms with Gasteiger partial charge < -0.3 is 10.8 Å². The Bertz CT molecular complexity index is 73.3. The molecule has 0 aromatic rings. The van der Waals surface area contributed by atoms with Crippen LogP contribution in [0.3, 0.4) is 0 Å². The molecule has 0 amide bonds. The number of hydrogen-bond donors (Lipinski definition) is 3. The van der Waals surface area contributed by atoms with Crippen LogP contribution in [0, 0.1) is 0 Å². The second-order valence-electron chi connectivity index (χ2n) is 1.17. The monoisotopic (exact) mass is 121 g/mol. The standard InChI is InChI=1S/C3H7NO2S/c4-2(7)1-3(5)6/h2,7H,1,4H2,(H,5,6). The highest BCUT2D eigenvalue weighted by molar-refractivity contribution is 7.80. The van der Waals surface area contributed by atoms with Crippen LogP contribution in [0.2, 0.25) is 0 Å². The van der Waals surface area contributed by atoms with E-state index in [4.69, 9.17) is 10.8 Å². The topological polar surface area (TPSA) is 63.3 Å². The molecule has 0 aromatic heterocycles. The number of carboxylic acid groups (broad SMARTS) is 1. The van der Waals surface area contributed by atoms with Gasteiger partial charge in [0.25, 0.3) is 0 Å². The van der Waals surface area contributed by atoms with E-state index in [1.54, 1.807) is 0 Å². The van der Waals surface area contributed by atoms with Gasteiger partial charge in [0, 0.05) is 0 Å². The highest BCUT2D eigenvalue weighted by Crippen LogP contribution is 1.89. The normalized spacial score (nSPS) is 13.4. The van der Waals surface area contributed by atoms with E-state index in [1.807, 2.05) is 0 Å². The lowest BCUT2D eigenvalue weighted by Gasteiger charge is -1.94. The molecule has 0 aliphatic heterocycles. The molecule has 0 saturated carbocycles. The van der Waals surface area contributed by atoms with Crippen molar-refractivity contribution in [2.45, 2.75) is 11.8 Å². The van der Waals surface area contributed by atoms with Crippen molar-refractivity contribution in [2.24, 2.45) is 5.73 Å². The Kier molecular flexibility index (Phi) is 2.78. The number of hydrogen-bond acceptors (Lipinski definition) is 3. The van der Waals surface area contributed by atoms with Gasteiger partial charge in [-0.05, 0) is 0 Å². The number of thiol groups is 1. The summed E-state index contributed by atoms with van der Waals surface area (Å²) < 4.78 is 0. The Hall–Kier alpha value is -0.220. The van der Waals surface area contributed by atoms with Crippen LogP contribution in [-0.2, 0) is 4.79 Å². The van der Waals surface area contributed by atoms with E-state index in [1.165, 1.54) is 0 Å². The fourth-order valence-corrected chi connectivity index (χ4v) is 0.335. The van der Waals surface area contributed by atoms with Crippen molar-refractivity contribution in [1.29, 1.82) is 0 Å². The third-order valence-corrected chi connectivity index (χ3v) is 0.566. The minimum absolute atomic E-state index is 0.0802. The first-order valence-corrected chi connectivity index (χ1v) is 2.30. The Morgan fingerprint density at radius 2 is 2.43 bits per heavy atom. The first-order chi connectivity index (χ1) is 3.13. The Balaban J connectivity index is 3.13. The predicted octanol–water partition coefficient (Wildman–Crippen LogP) is -0.324. The van der Waals surface area contributed by atoms with Crippen LogP contribution in [-0.4, -0.2) is 16.4 Å². The molecule has 0 aromatic carbocycles. The van der Waals surface area contributed by atoms with E-state index < -0.39 is 11.3 Å². The molecule has 0 bridgehead atoms. The zero-order valence-corrected chi connectivity index (χ0v) is 4.56. The van der Waals surface area contributed by atoms with Gasteiger partial charge in [-0.25, -0.2) is 0 Å². The molecule has 1 atom stereocenters. The third kappa shape index (κ3) is 5.78. The molecule has 0 aliphatic carbocycles. The van der Waals surface area contributed by atoms with Crippen molar-refractivity contribution in [3.05, 3.63) is 0 Å². The SMILES string of the molecule is NC(S)CC(=O)O. The molecule has 0 fully saturated rings. The van der Waals surface area contributed by atoms with Gasteiger partial charge >= 0.3 is 5.97 Å². The fourth-order valence-electron chi connectivity index (χ4n) is 0.179. The maximum Gasteiger partial charge on any atom is 0.305 e. The van der Waals surface area contributed by atoms with Gasteiger partial charge in [-0.15, -0.1) is 0 Å². The number of aliphatic carboxylic acids is 1. The molecule has 0 heterocycles. The summed E-state index contributed by atoms with van der Waals surface area (Å²) >= 11 is 3.63. The van der Waals surface area contributed by atoms with Gasteiger partial charge in [0.05, 0.1) is 11.8 Å². The average Bonchev–Trinajstić information content (AvgIpc) is 1.27. The molecule has 0 aliphatic rings. The van der Waals surface area contributed by atoms with Crippen LogP contribution >= 0.6 is 12.6 Å². The van der Waals surface area contributed by atoms with Gasteiger partial charge in [-0.1, -0.05) is 0 Å². The van der Waals surface area contributed by atoms with E-state index in [0.29, 0.717) is 0 Å². The molecule has 3 N–H and O–H groups in total. The molecule has 7 heavy (non-hydrogen) atoms. The Labute approximate surface area is 46.9 Å². The first-order valence-electron chi connectivity index (χ1n) is 1.78. The minimum atomic E-state index is -0.914. The zero-order valence-electron chi connectivity index (χ0n) is 3.66. The third-order valence-electron chi connectivity index (χ3n) is 0.384. The maximum atomic E-state index is 9.68. The van der Waals surface area contributed by atoms with Crippen LogP contribution in [0.5, 0.6) is 0 Å². The fraction of sp³-hybridized carbons (Fsp3) is 0.667. The molecule has 0 rings (SSSR count). The Morgan fingerprint density at radius 3 is 2.43 bits per heavy atom. The second kappa shape index (κ2) is 2.87. The van der Waals surface area contributed by atoms with Crippen molar-refractivity contribution in [2.75, 3.05) is 0 Å². The average molecular weight is 121 g/mol. The summed E-state index contributed by atoms with van der Waals surface area (Å²) in [6, 6.07) is 0. The van der Waals surface area contributed by atoms with Gasteiger partial charge in [0.2, 0.25) is 0 Å². The van der Waals surface area contributed by atoms with Crippen molar-refractivity contribution >= 4 is 18.6 Å². The van der Waals surface area contributed by atoms with Crippen LogP contribution in [0.4, 0.5) is 0 Å². The number of carbonyl (C=O) groups is 1. The largest absolute Gasteiger partial charge is 0.481 e. The van der Waals surface area contributed by atoms with Crippen molar-refractivity contribution in [3.63, 3.8) is 0 Å². The zero-order chi connectivity index (χ0) is 5.86. The lowest BCUT2D eigenvalue weighted by Crippen LogP contribution is -2.16. The quantitative estimate of drug-likeness (QED) is 0.346. The number of rotatable bonds is 2. The summed E-state index contributed by atoms with van der Waals surface area (Å²) in [4.78, 5) is 9.68.